The van der Waals surface area contributed by atoms with Gasteiger partial charge in [0.15, 0.2) is 0 Å². The molecule has 1 aromatic carbocycles. The van der Waals surface area contributed by atoms with Gasteiger partial charge in [0, 0.05) is 42.1 Å². The number of hydrogen-bond donors (Lipinski definition) is 0. The van der Waals surface area contributed by atoms with E-state index in [1.165, 1.54) is 0 Å². The van der Waals surface area contributed by atoms with Gasteiger partial charge in [-0.25, -0.2) is 0 Å². The maximum atomic E-state index is 12.6. The zero-order valence-corrected chi connectivity index (χ0v) is 13.3. The molecule has 0 saturated carbocycles. The van der Waals surface area contributed by atoms with Gasteiger partial charge in [-0.15, -0.1) is 0 Å². The number of fused-ring (bicyclic) bond motifs is 1. The van der Waals surface area contributed by atoms with Gasteiger partial charge in [-0.05, 0) is 25.0 Å². The van der Waals surface area contributed by atoms with Gasteiger partial charge in [-0.2, -0.15) is 13.2 Å². The summed E-state index contributed by atoms with van der Waals surface area (Å²) in [5.74, 6) is -0.175. The number of ketones is 1. The number of aryl methyl sites for hydroxylation is 2. The van der Waals surface area contributed by atoms with E-state index in [9.17, 15) is 18.0 Å². The first kappa shape index (κ1) is 16.5. The molecule has 1 aliphatic heterocycles. The molecule has 0 atom stereocenters. The topological polar surface area (TPSA) is 42.6 Å². The number of furan rings is 1. The molecule has 0 amide bonds. The van der Waals surface area contributed by atoms with Crippen molar-refractivity contribution in [2.45, 2.75) is 39.3 Å². The fourth-order valence-electron chi connectivity index (χ4n) is 2.79. The van der Waals surface area contributed by atoms with Gasteiger partial charge in [0.2, 0.25) is 0 Å². The summed E-state index contributed by atoms with van der Waals surface area (Å²) in [6.45, 7) is 3.93. The molecule has 3 nitrogen and oxygen atoms in total. The molecule has 0 unspecified atom stereocenters. The van der Waals surface area contributed by atoms with Crippen molar-refractivity contribution in [1.29, 1.82) is 0 Å². The molecule has 0 aliphatic carbocycles. The van der Waals surface area contributed by atoms with Gasteiger partial charge in [-0.3, -0.25) is 9.79 Å². The number of carbonyl (C=O) groups is 1. The predicted molar refractivity (Wildman–Crippen MR) is 85.2 cm³/mol. The predicted octanol–water partition coefficient (Wildman–Crippen LogP) is 4.84. The van der Waals surface area contributed by atoms with Crippen LogP contribution in [0.25, 0.3) is 11.0 Å². The molecule has 2 aromatic rings. The van der Waals surface area contributed by atoms with E-state index in [0.29, 0.717) is 0 Å². The van der Waals surface area contributed by atoms with E-state index >= 15 is 0 Å². The third-order valence-corrected chi connectivity index (χ3v) is 4.29. The van der Waals surface area contributed by atoms with Crippen LogP contribution in [0.15, 0.2) is 39.6 Å². The average molecular weight is 335 g/mol. The summed E-state index contributed by atoms with van der Waals surface area (Å²) in [6.07, 6.45) is -2.29. The van der Waals surface area contributed by atoms with Crippen LogP contribution in [0.4, 0.5) is 13.2 Å². The molecule has 1 aliphatic rings. The number of hydrogen-bond acceptors (Lipinski definition) is 3. The fraction of sp³-hybridized carbons (Fsp3) is 0.333. The van der Waals surface area contributed by atoms with Crippen molar-refractivity contribution in [1.82, 2.24) is 0 Å². The zero-order chi connectivity index (χ0) is 17.5. The SMILES string of the molecule is Cc1ccc2c(CC(=O)CC3=NC=C(C(F)(F)F)C3)coc2c1C. The second-order valence-electron chi connectivity index (χ2n) is 6.06. The highest BCUT2D eigenvalue weighted by Crippen LogP contribution is 2.32. The maximum Gasteiger partial charge on any atom is 0.414 e. The Morgan fingerprint density at radius 1 is 1.25 bits per heavy atom. The van der Waals surface area contributed by atoms with Crippen LogP contribution in [0, 0.1) is 13.8 Å². The van der Waals surface area contributed by atoms with Crippen molar-refractivity contribution in [3.63, 3.8) is 0 Å². The standard InChI is InChI=1S/C18H16F3NO2/c1-10-3-4-16-12(9-24-17(16)11(10)2)5-15(23)7-14-6-13(8-22-14)18(19,20)21/h3-4,8-9H,5-7H2,1-2H3. The third kappa shape index (κ3) is 3.13. The lowest BCUT2D eigenvalue weighted by Crippen LogP contribution is -2.14. The van der Waals surface area contributed by atoms with E-state index < -0.39 is 11.7 Å². The van der Waals surface area contributed by atoms with Crippen molar-refractivity contribution in [2.75, 3.05) is 0 Å². The lowest BCUT2D eigenvalue weighted by molar-refractivity contribution is -0.117. The van der Waals surface area contributed by atoms with Crippen molar-refractivity contribution < 1.29 is 22.4 Å². The van der Waals surface area contributed by atoms with Crippen LogP contribution < -0.4 is 0 Å². The Morgan fingerprint density at radius 3 is 2.67 bits per heavy atom. The normalized spacial score (nSPS) is 14.9. The molecule has 3 rings (SSSR count). The summed E-state index contributed by atoms with van der Waals surface area (Å²) in [6, 6.07) is 3.86. The molecule has 24 heavy (non-hydrogen) atoms. The smallest absolute Gasteiger partial charge is 0.414 e. The third-order valence-electron chi connectivity index (χ3n) is 4.29. The number of rotatable bonds is 4. The number of Topliss-reactive ketones (excluding diaryl/α,β-unsaturated/α-hetero) is 1. The minimum Gasteiger partial charge on any atom is -0.464 e. The van der Waals surface area contributed by atoms with E-state index in [-0.39, 0.29) is 30.8 Å². The number of halogens is 3. The van der Waals surface area contributed by atoms with Crippen molar-refractivity contribution in [3.8, 4) is 0 Å². The second-order valence-corrected chi connectivity index (χ2v) is 6.06. The molecule has 1 aromatic heterocycles. The van der Waals surface area contributed by atoms with Gasteiger partial charge in [0.05, 0.1) is 11.8 Å². The van der Waals surface area contributed by atoms with Gasteiger partial charge >= 0.3 is 6.18 Å². The first-order valence-corrected chi connectivity index (χ1v) is 7.55. The van der Waals surface area contributed by atoms with E-state index in [2.05, 4.69) is 4.99 Å². The van der Waals surface area contributed by atoms with Crippen LogP contribution in [0.5, 0.6) is 0 Å². The minimum atomic E-state index is -4.38. The number of carbonyl (C=O) groups excluding carboxylic acids is 1. The van der Waals surface area contributed by atoms with Crippen LogP contribution >= 0.6 is 0 Å². The Morgan fingerprint density at radius 2 is 2.00 bits per heavy atom. The molecule has 0 radical (unpaired) electrons. The van der Waals surface area contributed by atoms with Crippen LogP contribution in [-0.4, -0.2) is 17.7 Å². The Balaban J connectivity index is 1.68. The lowest BCUT2D eigenvalue weighted by atomic mass is 10.00. The van der Waals surface area contributed by atoms with E-state index in [0.717, 1.165) is 33.9 Å². The Hall–Kier alpha value is -2.37. The average Bonchev–Trinajstić information content (AvgIpc) is 3.10. The number of aliphatic imine (C=N–C) groups is 1. The van der Waals surface area contributed by atoms with Crippen LogP contribution in [0.3, 0.4) is 0 Å². The summed E-state index contributed by atoms with van der Waals surface area (Å²) < 4.78 is 43.3. The highest BCUT2D eigenvalue weighted by molar-refractivity contribution is 6.05. The summed E-state index contributed by atoms with van der Waals surface area (Å²) in [4.78, 5) is 15.9. The number of allylic oxidation sites excluding steroid dienone is 1. The summed E-state index contributed by atoms with van der Waals surface area (Å²) in [5, 5.41) is 0.869. The molecule has 2 heterocycles. The maximum absolute atomic E-state index is 12.6. The highest BCUT2D eigenvalue weighted by atomic mass is 19.4. The van der Waals surface area contributed by atoms with E-state index in [4.69, 9.17) is 4.42 Å². The van der Waals surface area contributed by atoms with Gasteiger partial charge in [-0.1, -0.05) is 12.1 Å². The van der Waals surface area contributed by atoms with E-state index in [1.807, 2.05) is 26.0 Å². The lowest BCUT2D eigenvalue weighted by Gasteiger charge is -2.07. The number of nitrogens with zero attached hydrogens (tertiary/aromatic N) is 1. The molecule has 0 bridgehead atoms. The van der Waals surface area contributed by atoms with Gasteiger partial charge in [0.1, 0.15) is 11.4 Å². The quantitative estimate of drug-likeness (QED) is 0.802. The molecule has 0 spiro atoms. The van der Waals surface area contributed by atoms with Gasteiger partial charge < -0.3 is 4.42 Å². The molecular formula is C18H16F3NO2. The van der Waals surface area contributed by atoms with Crippen molar-refractivity contribution >= 4 is 22.5 Å². The Bertz CT molecular complexity index is 872. The number of alkyl halides is 3. The first-order valence-electron chi connectivity index (χ1n) is 7.55. The second kappa shape index (κ2) is 5.92. The van der Waals surface area contributed by atoms with Crippen molar-refractivity contribution in [3.05, 3.63) is 46.9 Å². The molecule has 126 valence electrons. The summed E-state index contributed by atoms with van der Waals surface area (Å²) in [5.41, 5.74) is 3.17. The van der Waals surface area contributed by atoms with Crippen molar-refractivity contribution in [2.24, 2.45) is 4.99 Å². The van der Waals surface area contributed by atoms with Crippen LogP contribution in [0.2, 0.25) is 0 Å². The Labute approximate surface area is 136 Å². The van der Waals surface area contributed by atoms with Crippen LogP contribution in [-0.2, 0) is 11.2 Å². The molecule has 6 heteroatoms. The molecular weight excluding hydrogens is 319 g/mol. The fourth-order valence-corrected chi connectivity index (χ4v) is 2.79. The van der Waals surface area contributed by atoms with Gasteiger partial charge in [0.25, 0.3) is 0 Å². The minimum absolute atomic E-state index is 0.0758. The number of benzene rings is 1. The molecule has 0 saturated heterocycles. The summed E-state index contributed by atoms with van der Waals surface area (Å²) in [7, 11) is 0. The van der Waals surface area contributed by atoms with E-state index in [1.54, 1.807) is 6.26 Å². The first-order chi connectivity index (χ1) is 11.3. The van der Waals surface area contributed by atoms with Crippen LogP contribution in [0.1, 0.15) is 29.5 Å². The monoisotopic (exact) mass is 335 g/mol. The highest BCUT2D eigenvalue weighted by Gasteiger charge is 2.36. The summed E-state index contributed by atoms with van der Waals surface area (Å²) >= 11 is 0. The molecule has 0 fully saturated rings. The molecule has 0 N–H and O–H groups in total. The largest absolute Gasteiger partial charge is 0.464 e. The zero-order valence-electron chi connectivity index (χ0n) is 13.3. The Kier molecular flexibility index (Phi) is 4.07.